The van der Waals surface area contributed by atoms with Crippen LogP contribution in [-0.2, 0) is 21.7 Å². The maximum absolute atomic E-state index is 2.14. The first-order chi connectivity index (χ1) is 1.00. The number of hydrogen-bond donors (Lipinski definition) is 0. The van der Waals surface area contributed by atoms with Crippen LogP contribution in [0.1, 0.15) is 0 Å². The summed E-state index contributed by atoms with van der Waals surface area (Å²) in [6.45, 7) is 0. The zero-order chi connectivity index (χ0) is 2.00. The molecule has 0 heterocycles. The third kappa shape index (κ3) is 22.0. The van der Waals surface area contributed by atoms with Gasteiger partial charge in [0.2, 0.25) is 0 Å². The van der Waals surface area contributed by atoms with Gasteiger partial charge < -0.3 is 0 Å². The van der Waals surface area contributed by atoms with Gasteiger partial charge in [-0.2, -0.15) is 0 Å². The van der Waals surface area contributed by atoms with Gasteiger partial charge in [-0.3, -0.25) is 0 Å². The van der Waals surface area contributed by atoms with Gasteiger partial charge in [-0.05, 0) is 10.1 Å². The molecule has 0 rings (SSSR count). The summed E-state index contributed by atoms with van der Waals surface area (Å²) in [5.74, 6) is 0. The summed E-state index contributed by atoms with van der Waals surface area (Å²) in [6, 6.07) is 0. The molecule has 0 aromatic heterocycles. The van der Waals surface area contributed by atoms with E-state index < -0.39 is 0 Å². The van der Waals surface area contributed by atoms with Gasteiger partial charge in [0.15, 0.2) is 17.4 Å². The van der Waals surface area contributed by atoms with Crippen molar-refractivity contribution in [2.24, 2.45) is 0 Å². The van der Waals surface area contributed by atoms with E-state index in [-0.39, 0.29) is 62.1 Å². The summed E-state index contributed by atoms with van der Waals surface area (Å²) < 4.78 is 0. The summed E-state index contributed by atoms with van der Waals surface area (Å²) in [4.78, 5) is 0. The van der Waals surface area contributed by atoms with Crippen molar-refractivity contribution >= 4 is 58.0 Å². The Labute approximate surface area is 78.8 Å². The Morgan fingerprint density at radius 1 is 1.20 bits per heavy atom. The molecule has 0 N–H and O–H groups in total. The van der Waals surface area contributed by atoms with E-state index in [9.17, 15) is 0 Å². The van der Waals surface area contributed by atoms with Crippen LogP contribution in [0, 0.1) is 0 Å². The van der Waals surface area contributed by atoms with Crippen molar-refractivity contribution in [2.45, 2.75) is 0 Å². The minimum absolute atomic E-state index is 0. The Hall–Kier alpha value is 2.29. The quantitative estimate of drug-likeness (QED) is 0.306. The Morgan fingerprint density at radius 3 is 1.20 bits per heavy atom. The van der Waals surface area contributed by atoms with Crippen molar-refractivity contribution in [1.29, 1.82) is 0 Å². The number of hydrogen-bond acceptors (Lipinski definition) is 0. The van der Waals surface area contributed by atoms with Crippen LogP contribution in [0.4, 0.5) is 0 Å². The van der Waals surface area contributed by atoms with E-state index in [0.717, 1.165) is 0 Å². The van der Waals surface area contributed by atoms with Crippen LogP contribution < -0.4 is 0 Å². The molecule has 0 fully saturated rings. The van der Waals surface area contributed by atoms with Gasteiger partial charge in [0.05, 0.1) is 7.44 Å². The van der Waals surface area contributed by atoms with E-state index >= 15 is 0 Å². The molecule has 5 heavy (non-hydrogen) atoms. The van der Waals surface area contributed by atoms with Crippen molar-refractivity contribution in [3.63, 3.8) is 0 Å². The molecule has 0 nitrogen and oxygen atoms in total. The first-order valence-electron chi connectivity index (χ1n) is 1.00. The van der Waals surface area contributed by atoms with E-state index in [2.05, 4.69) is 7.44 Å². The first kappa shape index (κ1) is 26.6. The van der Waals surface area contributed by atoms with Gasteiger partial charge in [-0.25, -0.2) is 0 Å². The van der Waals surface area contributed by atoms with Crippen LogP contribution in [0.2, 0.25) is 0 Å². The Kier molecular flexibility index (Phi) is 178. The van der Waals surface area contributed by atoms with Crippen LogP contribution in [-0.4, -0.2) is 58.0 Å². The second kappa shape index (κ2) is 33.5. The molecule has 0 bridgehead atoms. The molecule has 0 spiro atoms. The van der Waals surface area contributed by atoms with Gasteiger partial charge in [-0.1, -0.05) is 0 Å². The van der Waals surface area contributed by atoms with E-state index in [4.69, 9.17) is 0 Å². The molecule has 5 heteroatoms. The Balaban J connectivity index is -0.00000000167. The van der Waals surface area contributed by atoms with Crippen LogP contribution >= 0.6 is 0 Å². The van der Waals surface area contributed by atoms with Gasteiger partial charge in [0.1, 0.15) is 0 Å². The van der Waals surface area contributed by atoms with Gasteiger partial charge in [0.25, 0.3) is 0 Å². The summed E-state index contributed by atoms with van der Waals surface area (Å²) in [5.41, 5.74) is 0. The Bertz CT molecular complexity index is 11.6. The predicted octanol–water partition coefficient (Wildman–Crippen LogP) is -4.20. The number of rotatable bonds is 0. The third-order valence-electron chi connectivity index (χ3n) is 0. The minimum atomic E-state index is 0. The third-order valence-corrected chi connectivity index (χ3v) is 0. The molecule has 0 saturated heterocycles. The predicted molar refractivity (Wildman–Crippen MR) is 37.0 cm³/mol. The smallest absolute Gasteiger partial charge is 0.0304 e. The fourth-order valence-corrected chi connectivity index (χ4v) is 0. The zero-order valence-corrected chi connectivity index (χ0v) is 6.06. The second-order valence-corrected chi connectivity index (χ2v) is 0. The molecule has 0 aliphatic heterocycles. The molecule has 0 amide bonds. The fraction of sp³-hybridized carbons (Fsp3) is 0. The van der Waals surface area contributed by atoms with Crippen molar-refractivity contribution in [1.82, 2.24) is 0 Å². The molecule has 0 aliphatic carbocycles. The Morgan fingerprint density at radius 2 is 1.20 bits per heavy atom. The molecule has 0 aliphatic rings. The zero-order valence-electron chi connectivity index (χ0n) is 2.50. The fourth-order valence-electron chi connectivity index (χ4n) is 0. The van der Waals surface area contributed by atoms with Crippen molar-refractivity contribution in [3.8, 4) is 0 Å². The molecule has 0 atom stereocenters. The normalized spacial score (nSPS) is 1.60. The maximum Gasteiger partial charge on any atom is 0.316 e. The summed E-state index contributed by atoms with van der Waals surface area (Å²) in [5, 5.41) is 0. The molecular formula is H10AlBMgSiTi. The van der Waals surface area contributed by atoms with E-state index in [1.165, 1.54) is 10.1 Å². The largest absolute Gasteiger partial charge is 0.316 e. The average Bonchev–Trinajstić information content (AvgIpc) is 1.00. The first-order valence-corrected chi connectivity index (χ1v) is 3.00. The molecular weight excluding hydrogens is 138 g/mol. The van der Waals surface area contributed by atoms with Crippen LogP contribution in [0.5, 0.6) is 0 Å². The average molecular weight is 148 g/mol. The van der Waals surface area contributed by atoms with Gasteiger partial charge in [0, 0.05) is 21.7 Å². The molecule has 0 unspecified atom stereocenters. The van der Waals surface area contributed by atoms with E-state index in [1.807, 2.05) is 0 Å². The molecule has 26 valence electrons. The van der Waals surface area contributed by atoms with Crippen molar-refractivity contribution in [3.05, 3.63) is 0 Å². The van der Waals surface area contributed by atoms with Crippen molar-refractivity contribution < 1.29 is 21.7 Å². The van der Waals surface area contributed by atoms with Gasteiger partial charge >= 0.3 is 23.1 Å². The second-order valence-electron chi connectivity index (χ2n) is 0. The van der Waals surface area contributed by atoms with Crippen molar-refractivity contribution in [2.75, 3.05) is 0 Å². The van der Waals surface area contributed by atoms with Gasteiger partial charge in [-0.15, -0.1) is 0 Å². The summed E-state index contributed by atoms with van der Waals surface area (Å²) >= 11 is 0. The molecule has 0 aromatic rings. The summed E-state index contributed by atoms with van der Waals surface area (Å²) in [7, 11) is 3.44. The van der Waals surface area contributed by atoms with E-state index in [0.29, 0.717) is 0 Å². The van der Waals surface area contributed by atoms with Crippen LogP contribution in [0.3, 0.4) is 0 Å². The standard InChI is InChI=1S/Al.BH5Si.Mg.Ti.5H/c;1-2;;;;;;;/h;1H2,2H3;;;;;;;. The molecule has 0 saturated carbocycles. The molecule has 0 aromatic carbocycles. The topological polar surface area (TPSA) is 0 Å². The molecule has 0 radical (unpaired) electrons. The SMILES string of the molecule is B[SiH3].[AlH3].[MgH2].[Ti]. The minimum Gasteiger partial charge on any atom is -0.0304 e. The monoisotopic (exact) mass is 148 g/mol. The van der Waals surface area contributed by atoms with Crippen LogP contribution in [0.25, 0.3) is 0 Å². The maximum atomic E-state index is 2.14. The van der Waals surface area contributed by atoms with Crippen LogP contribution in [0.15, 0.2) is 0 Å². The van der Waals surface area contributed by atoms with E-state index in [1.54, 1.807) is 0 Å². The summed E-state index contributed by atoms with van der Waals surface area (Å²) in [6.07, 6.45) is 0.